The van der Waals surface area contributed by atoms with Crippen molar-refractivity contribution in [3.05, 3.63) is 23.4 Å². The van der Waals surface area contributed by atoms with Gasteiger partial charge in [-0.25, -0.2) is 14.6 Å². The van der Waals surface area contributed by atoms with Crippen molar-refractivity contribution < 1.29 is 19.4 Å². The first kappa shape index (κ1) is 28.2. The predicted molar refractivity (Wildman–Crippen MR) is 141 cm³/mol. The van der Waals surface area contributed by atoms with Crippen LogP contribution in [0.1, 0.15) is 70.6 Å². The minimum Gasteiger partial charge on any atom is -0.480 e. The number of pyridine rings is 1. The molecule has 9 nitrogen and oxygen atoms in total. The summed E-state index contributed by atoms with van der Waals surface area (Å²) in [5.41, 5.74) is 2.42. The van der Waals surface area contributed by atoms with Crippen LogP contribution in [0.2, 0.25) is 0 Å². The molecule has 9 heteroatoms. The van der Waals surface area contributed by atoms with Gasteiger partial charge in [0.2, 0.25) is 0 Å². The number of carbonyl (C=O) groups is 2. The smallest absolute Gasteiger partial charge is 0.326 e. The zero-order chi connectivity index (χ0) is 25.9. The zero-order valence-corrected chi connectivity index (χ0v) is 22.3. The highest BCUT2D eigenvalue weighted by molar-refractivity contribution is 5.83. The Kier molecular flexibility index (Phi) is 11.3. The highest BCUT2D eigenvalue weighted by Crippen LogP contribution is 2.25. The number of aromatic nitrogens is 1. The normalized spacial score (nSPS) is 19.8. The van der Waals surface area contributed by atoms with E-state index in [1.165, 1.54) is 5.56 Å². The van der Waals surface area contributed by atoms with Crippen molar-refractivity contribution in [3.63, 3.8) is 0 Å². The summed E-state index contributed by atoms with van der Waals surface area (Å²) in [6.07, 6.45) is 7.48. The number of urea groups is 1. The summed E-state index contributed by atoms with van der Waals surface area (Å²) in [6.45, 7) is 10.6. The van der Waals surface area contributed by atoms with Gasteiger partial charge in [0.1, 0.15) is 11.9 Å². The number of rotatable bonds is 15. The average molecular weight is 504 g/mol. The monoisotopic (exact) mass is 503 g/mol. The first-order valence-corrected chi connectivity index (χ1v) is 13.7. The topological polar surface area (TPSA) is 107 Å². The maximum Gasteiger partial charge on any atom is 0.326 e. The van der Waals surface area contributed by atoms with E-state index in [2.05, 4.69) is 34.6 Å². The molecule has 0 saturated carbocycles. The molecule has 0 radical (unpaired) electrons. The van der Waals surface area contributed by atoms with E-state index in [-0.39, 0.29) is 18.1 Å². The number of nitrogens with zero attached hydrogens (tertiary/aromatic N) is 3. The zero-order valence-electron chi connectivity index (χ0n) is 22.3. The summed E-state index contributed by atoms with van der Waals surface area (Å²) in [4.78, 5) is 33.2. The van der Waals surface area contributed by atoms with Crippen LogP contribution in [0.4, 0.5) is 10.6 Å². The van der Waals surface area contributed by atoms with Gasteiger partial charge in [0, 0.05) is 44.0 Å². The lowest BCUT2D eigenvalue weighted by molar-refractivity contribution is -0.139. The number of ether oxygens (including phenoxy) is 1. The molecule has 3 heterocycles. The van der Waals surface area contributed by atoms with Gasteiger partial charge in [-0.15, -0.1) is 0 Å². The Labute approximate surface area is 216 Å². The van der Waals surface area contributed by atoms with E-state index in [1.54, 1.807) is 4.90 Å². The molecule has 1 aromatic heterocycles. The molecule has 3 rings (SSSR count). The van der Waals surface area contributed by atoms with Gasteiger partial charge in [0.05, 0.1) is 6.61 Å². The Hall–Kier alpha value is -2.39. The van der Waals surface area contributed by atoms with Crippen molar-refractivity contribution in [2.75, 3.05) is 44.7 Å². The molecule has 0 spiro atoms. The minimum absolute atomic E-state index is 0.155. The van der Waals surface area contributed by atoms with Gasteiger partial charge in [-0.3, -0.25) is 0 Å². The quantitative estimate of drug-likeness (QED) is 0.314. The number of fused-ring (bicyclic) bond motifs is 1. The summed E-state index contributed by atoms with van der Waals surface area (Å²) in [5, 5.41) is 15.9. The first-order chi connectivity index (χ1) is 17.4. The SMILES string of the molecule is CCCOCCN(CCCCc1ccc2c(n1)NCCC2)CCC(NC(=O)N1C(C)CC1C)C(=O)O. The molecule has 1 aromatic rings. The van der Waals surface area contributed by atoms with Crippen molar-refractivity contribution in [3.8, 4) is 0 Å². The molecule has 1 saturated heterocycles. The van der Waals surface area contributed by atoms with Crippen molar-refractivity contribution in [1.82, 2.24) is 20.1 Å². The molecule has 3 N–H and O–H groups in total. The van der Waals surface area contributed by atoms with E-state index in [4.69, 9.17) is 9.72 Å². The van der Waals surface area contributed by atoms with Crippen LogP contribution in [-0.4, -0.2) is 89.4 Å². The second kappa shape index (κ2) is 14.4. The van der Waals surface area contributed by atoms with E-state index in [1.807, 2.05) is 13.8 Å². The van der Waals surface area contributed by atoms with E-state index < -0.39 is 12.0 Å². The lowest BCUT2D eigenvalue weighted by Crippen LogP contribution is -2.61. The number of hydrogen-bond acceptors (Lipinski definition) is 6. The van der Waals surface area contributed by atoms with Crippen molar-refractivity contribution in [1.29, 1.82) is 0 Å². The first-order valence-electron chi connectivity index (χ1n) is 13.7. The van der Waals surface area contributed by atoms with E-state index in [9.17, 15) is 14.7 Å². The number of anilines is 1. The Balaban J connectivity index is 1.46. The lowest BCUT2D eigenvalue weighted by Gasteiger charge is -2.45. The summed E-state index contributed by atoms with van der Waals surface area (Å²) < 4.78 is 5.69. The highest BCUT2D eigenvalue weighted by atomic mass is 16.5. The summed E-state index contributed by atoms with van der Waals surface area (Å²) in [6, 6.07) is 3.47. The molecule has 0 aliphatic carbocycles. The van der Waals surface area contributed by atoms with Gasteiger partial charge in [-0.2, -0.15) is 0 Å². The standard InChI is InChI=1S/C27H45N5O4/c1-4-17-36-18-16-31(14-6-5-9-23-11-10-22-8-7-13-28-25(22)29-23)15-12-24(26(33)34)30-27(35)32-20(2)19-21(32)3/h10-11,20-21,24H,4-9,12-19H2,1-3H3,(H,28,29)(H,30,35)(H,33,34). The number of amides is 2. The van der Waals surface area contributed by atoms with Gasteiger partial charge in [0.15, 0.2) is 0 Å². The molecule has 2 aliphatic heterocycles. The van der Waals surface area contributed by atoms with Gasteiger partial charge in [0.25, 0.3) is 0 Å². The summed E-state index contributed by atoms with van der Waals surface area (Å²) >= 11 is 0. The number of nitrogens with one attached hydrogen (secondary N) is 2. The van der Waals surface area contributed by atoms with E-state index >= 15 is 0 Å². The fourth-order valence-electron chi connectivity index (χ4n) is 5.14. The second-order valence-electron chi connectivity index (χ2n) is 10.2. The molecule has 1 fully saturated rings. The van der Waals surface area contributed by atoms with Crippen LogP contribution < -0.4 is 10.6 Å². The Morgan fingerprint density at radius 2 is 2.03 bits per heavy atom. The number of aliphatic carboxylic acids is 1. The van der Waals surface area contributed by atoms with E-state index in [0.29, 0.717) is 19.6 Å². The molecule has 0 aromatic carbocycles. The fraction of sp³-hybridized carbons (Fsp3) is 0.741. The Morgan fingerprint density at radius 1 is 1.22 bits per heavy atom. The lowest BCUT2D eigenvalue weighted by atomic mass is 9.96. The van der Waals surface area contributed by atoms with Crippen LogP contribution in [0.25, 0.3) is 0 Å². The Bertz CT molecular complexity index is 843. The van der Waals surface area contributed by atoms with Crippen LogP contribution >= 0.6 is 0 Å². The number of carboxylic acid groups (broad SMARTS) is 1. The van der Waals surface area contributed by atoms with Crippen LogP contribution in [0, 0.1) is 0 Å². The third-order valence-corrected chi connectivity index (χ3v) is 7.21. The molecule has 3 unspecified atom stereocenters. The maximum atomic E-state index is 12.6. The largest absolute Gasteiger partial charge is 0.480 e. The molecule has 2 aliphatic rings. The van der Waals surface area contributed by atoms with Crippen molar-refractivity contribution in [2.24, 2.45) is 0 Å². The summed E-state index contributed by atoms with van der Waals surface area (Å²) in [5.74, 6) is 0.0516. The van der Waals surface area contributed by atoms with Gasteiger partial charge >= 0.3 is 12.0 Å². The van der Waals surface area contributed by atoms with Crippen LogP contribution in [0.15, 0.2) is 12.1 Å². The van der Waals surface area contributed by atoms with Crippen molar-refractivity contribution >= 4 is 17.8 Å². The predicted octanol–water partition coefficient (Wildman–Crippen LogP) is 3.53. The molecular weight excluding hydrogens is 458 g/mol. The highest BCUT2D eigenvalue weighted by Gasteiger charge is 2.37. The number of hydrogen-bond donors (Lipinski definition) is 3. The molecule has 0 bridgehead atoms. The third-order valence-electron chi connectivity index (χ3n) is 7.21. The minimum atomic E-state index is -0.988. The number of likely N-dealkylation sites (tertiary alicyclic amines) is 1. The third kappa shape index (κ3) is 8.34. The van der Waals surface area contributed by atoms with Gasteiger partial charge in [-0.05, 0) is 83.4 Å². The summed E-state index contributed by atoms with van der Waals surface area (Å²) in [7, 11) is 0. The second-order valence-corrected chi connectivity index (χ2v) is 10.2. The average Bonchev–Trinajstić information content (AvgIpc) is 2.85. The molecule has 36 heavy (non-hydrogen) atoms. The maximum absolute atomic E-state index is 12.6. The van der Waals surface area contributed by atoms with Gasteiger partial charge < -0.3 is 30.3 Å². The molecular formula is C27H45N5O4. The van der Waals surface area contributed by atoms with E-state index in [0.717, 1.165) is 82.7 Å². The van der Waals surface area contributed by atoms with Crippen LogP contribution in [0.3, 0.4) is 0 Å². The molecule has 3 atom stereocenters. The Morgan fingerprint density at radius 3 is 2.75 bits per heavy atom. The number of unbranched alkanes of at least 4 members (excludes halogenated alkanes) is 1. The fourth-order valence-corrected chi connectivity index (χ4v) is 5.14. The van der Waals surface area contributed by atoms with Crippen molar-refractivity contribution in [2.45, 2.75) is 90.3 Å². The van der Waals surface area contributed by atoms with Crippen LogP contribution in [-0.2, 0) is 22.4 Å². The molecule has 202 valence electrons. The number of carboxylic acids is 1. The number of aryl methyl sites for hydroxylation is 2. The number of carbonyl (C=O) groups excluding carboxylic acids is 1. The van der Waals surface area contributed by atoms with Crippen LogP contribution in [0.5, 0.6) is 0 Å². The molecule has 2 amide bonds. The van der Waals surface area contributed by atoms with Gasteiger partial charge in [-0.1, -0.05) is 13.0 Å².